The van der Waals surface area contributed by atoms with Crippen molar-refractivity contribution >= 4 is 14.0 Å². The number of rotatable bonds is 3. The summed E-state index contributed by atoms with van der Waals surface area (Å²) >= 11 is 0. The molecule has 3 heteroatoms. The van der Waals surface area contributed by atoms with Crippen molar-refractivity contribution in [1.82, 2.24) is 0 Å². The zero-order chi connectivity index (χ0) is 10.7. The Morgan fingerprint density at radius 3 is 2.43 bits per heavy atom. The third-order valence-electron chi connectivity index (χ3n) is 2.34. The Morgan fingerprint density at radius 2 is 2.00 bits per heavy atom. The molecule has 77 valence electrons. The average molecular weight is 209 g/mol. The van der Waals surface area contributed by atoms with Gasteiger partial charge in [0.25, 0.3) is 0 Å². The van der Waals surface area contributed by atoms with E-state index in [1.54, 1.807) is 13.2 Å². The summed E-state index contributed by atoms with van der Waals surface area (Å²) in [5, 5.41) is 11.0. The van der Waals surface area contributed by atoms with Crippen LogP contribution in [0.5, 0.6) is 11.5 Å². The van der Waals surface area contributed by atoms with Gasteiger partial charge in [0.05, 0.1) is 15.9 Å². The molecule has 1 radical (unpaired) electrons. The summed E-state index contributed by atoms with van der Waals surface area (Å²) in [6.07, 6.45) is 0.906. The zero-order valence-corrected chi connectivity index (χ0v) is 10.2. The van der Waals surface area contributed by atoms with Crippen LogP contribution in [0.4, 0.5) is 0 Å². The standard InChI is InChI=1S/C11H17O2Si/c1-5-8-10(14(3)4)7-6-9(12)11(8)13-2/h6-7,12H,5H2,1-4H3. The molecule has 0 aromatic heterocycles. The maximum absolute atomic E-state index is 9.61. The highest BCUT2D eigenvalue weighted by atomic mass is 28.3. The first kappa shape index (κ1) is 11.1. The highest BCUT2D eigenvalue weighted by Gasteiger charge is 2.14. The summed E-state index contributed by atoms with van der Waals surface area (Å²) in [6, 6.07) is 3.75. The fourth-order valence-corrected chi connectivity index (χ4v) is 2.97. The minimum atomic E-state index is -0.494. The second-order valence-corrected chi connectivity index (χ2v) is 6.04. The van der Waals surface area contributed by atoms with E-state index >= 15 is 0 Å². The van der Waals surface area contributed by atoms with Gasteiger partial charge in [-0.3, -0.25) is 0 Å². The summed E-state index contributed by atoms with van der Waals surface area (Å²) in [4.78, 5) is 0. The van der Waals surface area contributed by atoms with Crippen molar-refractivity contribution in [1.29, 1.82) is 0 Å². The predicted octanol–water partition coefficient (Wildman–Crippen LogP) is 1.92. The third-order valence-corrected chi connectivity index (χ3v) is 3.88. The van der Waals surface area contributed by atoms with Gasteiger partial charge < -0.3 is 9.84 Å². The molecule has 0 fully saturated rings. The second kappa shape index (κ2) is 4.51. The largest absolute Gasteiger partial charge is 0.504 e. The van der Waals surface area contributed by atoms with Crippen molar-refractivity contribution < 1.29 is 9.84 Å². The Bertz CT molecular complexity index is 321. The lowest BCUT2D eigenvalue weighted by Crippen LogP contribution is -2.26. The van der Waals surface area contributed by atoms with Crippen molar-refractivity contribution in [2.24, 2.45) is 0 Å². The minimum Gasteiger partial charge on any atom is -0.504 e. The maximum Gasteiger partial charge on any atom is 0.163 e. The molecule has 0 saturated carbocycles. The molecule has 0 unspecified atom stereocenters. The Labute approximate surface area is 87.1 Å². The molecule has 0 bridgehead atoms. The molecule has 1 rings (SSSR count). The molecule has 0 amide bonds. The van der Waals surface area contributed by atoms with Gasteiger partial charge in [-0.1, -0.05) is 31.3 Å². The summed E-state index contributed by atoms with van der Waals surface area (Å²) in [5.41, 5.74) is 1.16. The summed E-state index contributed by atoms with van der Waals surface area (Å²) in [6.45, 7) is 6.58. The van der Waals surface area contributed by atoms with Crippen molar-refractivity contribution in [3.8, 4) is 11.5 Å². The summed E-state index contributed by atoms with van der Waals surface area (Å²) in [7, 11) is 1.11. The molecule has 0 heterocycles. The smallest absolute Gasteiger partial charge is 0.163 e. The molecule has 0 spiro atoms. The number of benzene rings is 1. The van der Waals surface area contributed by atoms with Crippen molar-refractivity contribution in [2.75, 3.05) is 7.11 Å². The monoisotopic (exact) mass is 209 g/mol. The molecule has 0 aliphatic rings. The number of ether oxygens (including phenoxy) is 1. The van der Waals surface area contributed by atoms with E-state index in [0.29, 0.717) is 5.75 Å². The van der Waals surface area contributed by atoms with Gasteiger partial charge in [-0.15, -0.1) is 0 Å². The van der Waals surface area contributed by atoms with E-state index in [1.807, 2.05) is 6.07 Å². The number of hydrogen-bond donors (Lipinski definition) is 1. The van der Waals surface area contributed by atoms with Crippen LogP contribution in [0, 0.1) is 0 Å². The molecular formula is C11H17O2Si. The number of phenols is 1. The normalized spacial score (nSPS) is 10.6. The molecule has 0 aliphatic carbocycles. The third kappa shape index (κ3) is 1.92. The van der Waals surface area contributed by atoms with E-state index in [4.69, 9.17) is 4.74 Å². The SMILES string of the molecule is CCc1c([Si](C)C)ccc(O)c1OC. The van der Waals surface area contributed by atoms with E-state index in [-0.39, 0.29) is 5.75 Å². The summed E-state index contributed by atoms with van der Waals surface area (Å²) in [5.74, 6) is 0.896. The number of methoxy groups -OCH3 is 1. The van der Waals surface area contributed by atoms with E-state index in [9.17, 15) is 5.11 Å². The van der Waals surface area contributed by atoms with Gasteiger partial charge in [0, 0.05) is 0 Å². The van der Waals surface area contributed by atoms with Crippen molar-refractivity contribution in [3.63, 3.8) is 0 Å². The van der Waals surface area contributed by atoms with Gasteiger partial charge in [0.1, 0.15) is 0 Å². The van der Waals surface area contributed by atoms with E-state index in [0.717, 1.165) is 12.0 Å². The fraction of sp³-hybridized carbons (Fsp3) is 0.455. The Balaban J connectivity index is 3.33. The van der Waals surface area contributed by atoms with Gasteiger partial charge in [-0.05, 0) is 18.1 Å². The van der Waals surface area contributed by atoms with Crippen molar-refractivity contribution in [2.45, 2.75) is 26.4 Å². The number of phenolic OH excluding ortho intramolecular Hbond substituents is 1. The van der Waals surface area contributed by atoms with Crippen LogP contribution in [-0.2, 0) is 6.42 Å². The van der Waals surface area contributed by atoms with Gasteiger partial charge in [-0.2, -0.15) is 0 Å². The predicted molar refractivity (Wildman–Crippen MR) is 61.2 cm³/mol. The van der Waals surface area contributed by atoms with Crippen LogP contribution in [0.1, 0.15) is 12.5 Å². The molecule has 0 atom stereocenters. The van der Waals surface area contributed by atoms with E-state index < -0.39 is 8.80 Å². The van der Waals surface area contributed by atoms with Gasteiger partial charge in [-0.25, -0.2) is 0 Å². The van der Waals surface area contributed by atoms with Crippen LogP contribution in [0.2, 0.25) is 13.1 Å². The lowest BCUT2D eigenvalue weighted by molar-refractivity contribution is 0.370. The van der Waals surface area contributed by atoms with Gasteiger partial charge in [0.2, 0.25) is 0 Å². The van der Waals surface area contributed by atoms with Gasteiger partial charge >= 0.3 is 0 Å². The minimum absolute atomic E-state index is 0.247. The highest BCUT2D eigenvalue weighted by Crippen LogP contribution is 2.28. The van der Waals surface area contributed by atoms with Crippen LogP contribution in [0.15, 0.2) is 12.1 Å². The number of hydrogen-bond acceptors (Lipinski definition) is 2. The fourth-order valence-electron chi connectivity index (χ4n) is 1.66. The van der Waals surface area contributed by atoms with Crippen LogP contribution >= 0.6 is 0 Å². The molecule has 1 aromatic rings. The van der Waals surface area contributed by atoms with Crippen LogP contribution in [-0.4, -0.2) is 21.0 Å². The molecular weight excluding hydrogens is 192 g/mol. The second-order valence-electron chi connectivity index (χ2n) is 3.50. The van der Waals surface area contributed by atoms with E-state index in [1.165, 1.54) is 5.19 Å². The van der Waals surface area contributed by atoms with Gasteiger partial charge in [0.15, 0.2) is 11.5 Å². The zero-order valence-electron chi connectivity index (χ0n) is 9.22. The molecule has 0 saturated heterocycles. The highest BCUT2D eigenvalue weighted by molar-refractivity contribution is 6.71. The quantitative estimate of drug-likeness (QED) is 0.771. The first-order valence-electron chi connectivity index (χ1n) is 4.81. The topological polar surface area (TPSA) is 29.5 Å². The number of aromatic hydroxyl groups is 1. The molecule has 0 aliphatic heterocycles. The Hall–Kier alpha value is -0.963. The van der Waals surface area contributed by atoms with Crippen molar-refractivity contribution in [3.05, 3.63) is 17.7 Å². The first-order chi connectivity index (χ1) is 6.61. The average Bonchev–Trinajstić information content (AvgIpc) is 2.16. The van der Waals surface area contributed by atoms with Crippen LogP contribution in [0.25, 0.3) is 0 Å². The molecule has 1 N–H and O–H groups in total. The Morgan fingerprint density at radius 1 is 1.36 bits per heavy atom. The van der Waals surface area contributed by atoms with Crippen LogP contribution in [0.3, 0.4) is 0 Å². The maximum atomic E-state index is 9.61. The molecule has 2 nitrogen and oxygen atoms in total. The molecule has 14 heavy (non-hydrogen) atoms. The molecule has 1 aromatic carbocycles. The lowest BCUT2D eigenvalue weighted by Gasteiger charge is -2.15. The van der Waals surface area contributed by atoms with Crippen LogP contribution < -0.4 is 9.92 Å². The first-order valence-corrected chi connectivity index (χ1v) is 7.31. The van der Waals surface area contributed by atoms with E-state index in [2.05, 4.69) is 20.0 Å². The Kier molecular flexibility index (Phi) is 3.58. The lowest BCUT2D eigenvalue weighted by atomic mass is 10.1. The summed E-state index contributed by atoms with van der Waals surface area (Å²) < 4.78 is 5.22.